The molecule has 4 rings (SSSR count). The normalized spacial score (nSPS) is 27.6. The molecule has 3 atom stereocenters. The van der Waals surface area contributed by atoms with Crippen molar-refractivity contribution in [3.05, 3.63) is 29.8 Å². The van der Waals surface area contributed by atoms with Crippen LogP contribution in [0.1, 0.15) is 31.2 Å². The molecule has 3 aliphatic heterocycles. The van der Waals surface area contributed by atoms with Crippen molar-refractivity contribution in [2.45, 2.75) is 49.4 Å². The highest BCUT2D eigenvalue weighted by atomic mass is 32.2. The van der Waals surface area contributed by atoms with E-state index in [0.29, 0.717) is 11.7 Å². The lowest BCUT2D eigenvalue weighted by atomic mass is 10.0. The fraction of sp³-hybridized carbons (Fsp3) is 0.556. The highest BCUT2D eigenvalue weighted by Crippen LogP contribution is 2.33. The quantitative estimate of drug-likeness (QED) is 0.636. The Morgan fingerprint density at radius 3 is 3.04 bits per heavy atom. The van der Waals surface area contributed by atoms with Gasteiger partial charge in [-0.25, -0.2) is 4.79 Å². The first-order valence-electron chi connectivity index (χ1n) is 8.79. The molecule has 3 heterocycles. The molecule has 1 aromatic rings. The molecule has 0 spiro atoms. The Morgan fingerprint density at radius 2 is 2.12 bits per heavy atom. The van der Waals surface area contributed by atoms with Crippen LogP contribution in [0.15, 0.2) is 24.3 Å². The smallest absolute Gasteiger partial charge is 0.315 e. The van der Waals surface area contributed by atoms with Crippen molar-refractivity contribution in [1.29, 1.82) is 0 Å². The number of thioether (sulfide) groups is 1. The molecule has 5 nitrogen and oxygen atoms in total. The zero-order valence-corrected chi connectivity index (χ0v) is 14.5. The number of benzene rings is 1. The van der Waals surface area contributed by atoms with Crippen LogP contribution < -0.4 is 15.5 Å². The van der Waals surface area contributed by atoms with Crippen molar-refractivity contribution < 1.29 is 9.59 Å². The van der Waals surface area contributed by atoms with E-state index < -0.39 is 0 Å². The first-order chi connectivity index (χ1) is 11.7. The predicted octanol–water partition coefficient (Wildman–Crippen LogP) is 2.30. The van der Waals surface area contributed by atoms with Crippen LogP contribution in [-0.4, -0.2) is 41.6 Å². The lowest BCUT2D eigenvalue weighted by Crippen LogP contribution is -2.36. The van der Waals surface area contributed by atoms with Gasteiger partial charge >= 0.3 is 6.03 Å². The molecule has 3 aliphatic rings. The second kappa shape index (κ2) is 6.67. The minimum absolute atomic E-state index is 0.0295. The van der Waals surface area contributed by atoms with Gasteiger partial charge in [-0.15, -0.1) is 0 Å². The summed E-state index contributed by atoms with van der Waals surface area (Å²) in [4.78, 5) is 25.8. The average Bonchev–Trinajstić information content (AvgIpc) is 3.25. The maximum atomic E-state index is 12.5. The summed E-state index contributed by atoms with van der Waals surface area (Å²) in [5, 5.41) is 6.48. The fourth-order valence-corrected chi connectivity index (χ4v) is 5.54. The molecular weight excluding hydrogens is 322 g/mol. The molecule has 2 fully saturated rings. The maximum Gasteiger partial charge on any atom is 0.315 e. The van der Waals surface area contributed by atoms with Gasteiger partial charge in [0.15, 0.2) is 0 Å². The number of urea groups is 1. The lowest BCUT2D eigenvalue weighted by molar-refractivity contribution is -0.118. The zero-order valence-electron chi connectivity index (χ0n) is 13.7. The Labute approximate surface area is 146 Å². The zero-order chi connectivity index (χ0) is 16.5. The van der Waals surface area contributed by atoms with Crippen LogP contribution >= 0.6 is 11.8 Å². The number of carbonyl (C=O) groups is 2. The molecule has 1 aromatic carbocycles. The van der Waals surface area contributed by atoms with Crippen molar-refractivity contribution in [1.82, 2.24) is 10.6 Å². The number of nitrogens with zero attached hydrogens (tertiary/aromatic N) is 1. The Hall–Kier alpha value is -1.69. The Bertz CT molecular complexity index is 651. The van der Waals surface area contributed by atoms with E-state index in [0.717, 1.165) is 43.7 Å². The van der Waals surface area contributed by atoms with Gasteiger partial charge in [0.25, 0.3) is 0 Å². The van der Waals surface area contributed by atoms with Gasteiger partial charge in [-0.05, 0) is 30.9 Å². The first-order valence-corrected chi connectivity index (χ1v) is 9.84. The van der Waals surface area contributed by atoms with E-state index in [1.165, 1.54) is 5.56 Å². The van der Waals surface area contributed by atoms with Gasteiger partial charge in [0.2, 0.25) is 5.91 Å². The Morgan fingerprint density at radius 1 is 1.25 bits per heavy atom. The van der Waals surface area contributed by atoms with Gasteiger partial charge in [0, 0.05) is 29.7 Å². The van der Waals surface area contributed by atoms with Crippen LogP contribution in [0, 0.1) is 0 Å². The monoisotopic (exact) mass is 345 g/mol. The standard InChI is InChI=1S/C18H23N3O2S/c22-16(21-10-9-12-5-1-2-6-14(12)21)8-4-3-7-15-17-13(11-24-15)19-18(23)20-17/h1-2,5-6,13,15,17H,3-4,7-11H2,(H2,19,20,23)/t13-,15+,17+/m1/s1. The van der Waals surface area contributed by atoms with Crippen LogP contribution in [0.2, 0.25) is 0 Å². The lowest BCUT2D eigenvalue weighted by Gasteiger charge is -2.18. The molecule has 2 N–H and O–H groups in total. The van der Waals surface area contributed by atoms with Crippen LogP contribution in [-0.2, 0) is 11.2 Å². The van der Waals surface area contributed by atoms with E-state index in [1.54, 1.807) is 0 Å². The average molecular weight is 345 g/mol. The summed E-state index contributed by atoms with van der Waals surface area (Å²) in [5.41, 5.74) is 2.38. The van der Waals surface area contributed by atoms with Crippen LogP contribution in [0.25, 0.3) is 0 Å². The molecule has 0 aromatic heterocycles. The molecule has 0 aliphatic carbocycles. The van der Waals surface area contributed by atoms with E-state index in [4.69, 9.17) is 0 Å². The molecular formula is C18H23N3O2S. The number of fused-ring (bicyclic) bond motifs is 2. The molecule has 0 unspecified atom stereocenters. The summed E-state index contributed by atoms with van der Waals surface area (Å²) in [6, 6.07) is 8.72. The minimum atomic E-state index is -0.0295. The number of unbranched alkanes of at least 4 members (excludes halogenated alkanes) is 1. The highest BCUT2D eigenvalue weighted by Gasteiger charge is 2.42. The number of carbonyl (C=O) groups excluding carboxylic acids is 2. The minimum Gasteiger partial charge on any atom is -0.332 e. The highest BCUT2D eigenvalue weighted by molar-refractivity contribution is 8.00. The van der Waals surface area contributed by atoms with Crippen molar-refractivity contribution >= 4 is 29.4 Å². The summed E-state index contributed by atoms with van der Waals surface area (Å²) in [6.45, 7) is 0.818. The van der Waals surface area contributed by atoms with Crippen molar-refractivity contribution in [3.63, 3.8) is 0 Å². The number of hydrogen-bond acceptors (Lipinski definition) is 3. The third-order valence-electron chi connectivity index (χ3n) is 5.26. The van der Waals surface area contributed by atoms with E-state index in [-0.39, 0.29) is 24.0 Å². The first kappa shape index (κ1) is 15.8. The van der Waals surface area contributed by atoms with Crippen molar-refractivity contribution in [2.75, 3.05) is 17.2 Å². The van der Waals surface area contributed by atoms with Gasteiger partial charge in [0.1, 0.15) is 0 Å². The van der Waals surface area contributed by atoms with E-state index in [2.05, 4.69) is 16.7 Å². The topological polar surface area (TPSA) is 61.4 Å². The summed E-state index contributed by atoms with van der Waals surface area (Å²) >= 11 is 1.94. The van der Waals surface area contributed by atoms with Gasteiger partial charge in [-0.2, -0.15) is 11.8 Å². The van der Waals surface area contributed by atoms with Gasteiger partial charge < -0.3 is 15.5 Å². The number of amides is 3. The maximum absolute atomic E-state index is 12.5. The fourth-order valence-electron chi connectivity index (χ4n) is 4.00. The number of para-hydroxylation sites is 1. The second-order valence-electron chi connectivity index (χ2n) is 6.79. The predicted molar refractivity (Wildman–Crippen MR) is 96.5 cm³/mol. The molecule has 6 heteroatoms. The molecule has 0 bridgehead atoms. The summed E-state index contributed by atoms with van der Waals surface area (Å²) in [5.74, 6) is 1.24. The number of hydrogen-bond donors (Lipinski definition) is 2. The molecule has 2 saturated heterocycles. The molecule has 24 heavy (non-hydrogen) atoms. The van der Waals surface area contributed by atoms with Crippen molar-refractivity contribution in [2.24, 2.45) is 0 Å². The molecule has 128 valence electrons. The summed E-state index contributed by atoms with van der Waals surface area (Å²) in [6.07, 6.45) is 4.61. The summed E-state index contributed by atoms with van der Waals surface area (Å²) in [7, 11) is 0. The van der Waals surface area contributed by atoms with Crippen LogP contribution in [0.3, 0.4) is 0 Å². The number of nitrogens with one attached hydrogen (secondary N) is 2. The van der Waals surface area contributed by atoms with Crippen LogP contribution in [0.5, 0.6) is 0 Å². The molecule has 3 amide bonds. The number of rotatable bonds is 5. The molecule has 0 radical (unpaired) electrons. The SMILES string of the molecule is O=C1N[C@@H]2[C@H](CCCCC(=O)N3CCc4ccccc43)SC[C@H]2N1. The van der Waals surface area contributed by atoms with Gasteiger partial charge in [-0.3, -0.25) is 4.79 Å². The third kappa shape index (κ3) is 2.99. The summed E-state index contributed by atoms with van der Waals surface area (Å²) < 4.78 is 0. The van der Waals surface area contributed by atoms with Crippen molar-refractivity contribution in [3.8, 4) is 0 Å². The van der Waals surface area contributed by atoms with Gasteiger partial charge in [0.05, 0.1) is 12.1 Å². The van der Waals surface area contributed by atoms with E-state index in [9.17, 15) is 9.59 Å². The van der Waals surface area contributed by atoms with E-state index in [1.807, 2.05) is 34.9 Å². The second-order valence-corrected chi connectivity index (χ2v) is 8.06. The Balaban J connectivity index is 1.22. The number of anilines is 1. The molecule has 0 saturated carbocycles. The Kier molecular flexibility index (Phi) is 4.39. The van der Waals surface area contributed by atoms with E-state index >= 15 is 0 Å². The van der Waals surface area contributed by atoms with Gasteiger partial charge in [-0.1, -0.05) is 24.6 Å². The van der Waals surface area contributed by atoms with Crippen LogP contribution in [0.4, 0.5) is 10.5 Å². The third-order valence-corrected chi connectivity index (χ3v) is 6.76. The largest absolute Gasteiger partial charge is 0.332 e.